The molecular weight excluding hydrogens is 448 g/mol. The van der Waals surface area contributed by atoms with Crippen LogP contribution in [0.4, 0.5) is 4.79 Å². The molecule has 2 amide bonds. The molecular formula is C26H26N4O5. The first-order chi connectivity index (χ1) is 17.0. The third-order valence-corrected chi connectivity index (χ3v) is 5.88. The second-order valence-electron chi connectivity index (χ2n) is 8.10. The largest absolute Gasteiger partial charge is 0.481 e. The van der Waals surface area contributed by atoms with E-state index in [4.69, 9.17) is 20.4 Å². The van der Waals surface area contributed by atoms with Crippen molar-refractivity contribution < 1.29 is 24.2 Å². The number of nitrogens with zero attached hydrogens (tertiary/aromatic N) is 3. The van der Waals surface area contributed by atoms with E-state index in [1.165, 1.54) is 4.90 Å². The molecule has 0 fully saturated rings. The van der Waals surface area contributed by atoms with E-state index in [0.29, 0.717) is 0 Å². The Morgan fingerprint density at radius 2 is 1.51 bits per heavy atom. The maximum Gasteiger partial charge on any atom is 0.407 e. The van der Waals surface area contributed by atoms with Gasteiger partial charge in [0, 0.05) is 25.4 Å². The van der Waals surface area contributed by atoms with Gasteiger partial charge in [-0.25, -0.2) is 4.79 Å². The highest BCUT2D eigenvalue weighted by molar-refractivity contribution is 5.86. The van der Waals surface area contributed by atoms with Gasteiger partial charge in [-0.1, -0.05) is 48.5 Å². The summed E-state index contributed by atoms with van der Waals surface area (Å²) in [5.74, 6) is -1.83. The summed E-state index contributed by atoms with van der Waals surface area (Å²) in [7, 11) is 0. The monoisotopic (exact) mass is 474 g/mol. The number of carbonyl (C=O) groups excluding carboxylic acids is 2. The van der Waals surface area contributed by atoms with Crippen LogP contribution in [0.25, 0.3) is 11.1 Å². The number of benzene rings is 2. The molecule has 9 heteroatoms. The molecule has 0 aromatic heterocycles. The van der Waals surface area contributed by atoms with E-state index in [9.17, 15) is 14.4 Å². The Balaban J connectivity index is 1.70. The molecule has 1 unspecified atom stereocenters. The van der Waals surface area contributed by atoms with Crippen LogP contribution < -0.4 is 5.32 Å². The Bertz CT molecular complexity index is 1100. The molecule has 2 aromatic carbocycles. The number of nitrogens with one attached hydrogen (secondary N) is 1. The lowest BCUT2D eigenvalue weighted by atomic mass is 9.98. The van der Waals surface area contributed by atoms with Crippen LogP contribution in [0.15, 0.2) is 48.5 Å². The predicted octanol–water partition coefficient (Wildman–Crippen LogP) is 3.41. The molecule has 1 atom stereocenters. The van der Waals surface area contributed by atoms with Crippen LogP contribution in [-0.4, -0.2) is 53.7 Å². The summed E-state index contributed by atoms with van der Waals surface area (Å²) >= 11 is 0. The zero-order chi connectivity index (χ0) is 25.2. The van der Waals surface area contributed by atoms with Crippen LogP contribution in [-0.2, 0) is 14.3 Å². The van der Waals surface area contributed by atoms with Crippen LogP contribution in [0.3, 0.4) is 0 Å². The average Bonchev–Trinajstić information content (AvgIpc) is 3.18. The average molecular weight is 475 g/mol. The van der Waals surface area contributed by atoms with E-state index in [1.807, 2.05) is 60.7 Å². The molecule has 180 valence electrons. The summed E-state index contributed by atoms with van der Waals surface area (Å²) in [6.45, 7) is 0.201. The van der Waals surface area contributed by atoms with E-state index in [1.54, 1.807) is 0 Å². The van der Waals surface area contributed by atoms with Crippen molar-refractivity contribution in [2.24, 2.45) is 0 Å². The second-order valence-corrected chi connectivity index (χ2v) is 8.10. The minimum absolute atomic E-state index is 0.0479. The zero-order valence-corrected chi connectivity index (χ0v) is 19.1. The zero-order valence-electron chi connectivity index (χ0n) is 19.1. The number of carboxylic acids is 1. The number of nitriles is 2. The highest BCUT2D eigenvalue weighted by Gasteiger charge is 2.31. The van der Waals surface area contributed by atoms with E-state index >= 15 is 0 Å². The first-order valence-corrected chi connectivity index (χ1v) is 11.3. The molecule has 1 aliphatic carbocycles. The number of carboxylic acid groups (broad SMARTS) is 1. The van der Waals surface area contributed by atoms with Crippen molar-refractivity contribution in [3.63, 3.8) is 0 Å². The quantitative estimate of drug-likeness (QED) is 0.508. The summed E-state index contributed by atoms with van der Waals surface area (Å²) in [5.41, 5.74) is 4.24. The number of rotatable bonds is 11. The number of fused-ring (bicyclic) bond motifs is 3. The van der Waals surface area contributed by atoms with Crippen molar-refractivity contribution >= 4 is 18.0 Å². The van der Waals surface area contributed by atoms with Gasteiger partial charge in [0.1, 0.15) is 12.6 Å². The molecule has 0 spiro atoms. The fraction of sp³-hybridized carbons (Fsp3) is 0.346. The molecule has 2 N–H and O–H groups in total. The van der Waals surface area contributed by atoms with Gasteiger partial charge < -0.3 is 20.1 Å². The molecule has 0 saturated carbocycles. The van der Waals surface area contributed by atoms with Crippen molar-refractivity contribution in [2.45, 2.75) is 37.6 Å². The van der Waals surface area contributed by atoms with Gasteiger partial charge in [-0.2, -0.15) is 10.5 Å². The Morgan fingerprint density at radius 1 is 0.971 bits per heavy atom. The van der Waals surface area contributed by atoms with Crippen LogP contribution in [0.2, 0.25) is 0 Å². The van der Waals surface area contributed by atoms with Crippen molar-refractivity contribution in [2.75, 3.05) is 19.7 Å². The minimum Gasteiger partial charge on any atom is -0.481 e. The molecule has 0 aliphatic heterocycles. The van der Waals surface area contributed by atoms with Crippen LogP contribution in [0.1, 0.15) is 42.7 Å². The molecule has 1 aliphatic rings. The van der Waals surface area contributed by atoms with Gasteiger partial charge in [0.05, 0.1) is 25.0 Å². The van der Waals surface area contributed by atoms with Crippen molar-refractivity contribution in [3.05, 3.63) is 59.7 Å². The highest BCUT2D eigenvalue weighted by Crippen LogP contribution is 2.44. The lowest BCUT2D eigenvalue weighted by molar-refractivity contribution is -0.138. The third-order valence-electron chi connectivity index (χ3n) is 5.88. The lowest BCUT2D eigenvalue weighted by Gasteiger charge is -2.26. The van der Waals surface area contributed by atoms with Gasteiger partial charge in [0.25, 0.3) is 0 Å². The number of hydrogen-bond donors (Lipinski definition) is 2. The maximum absolute atomic E-state index is 13.0. The standard InChI is InChI=1S/C26H26N4O5/c27-13-5-15-30(16-6-14-28)25(33)23(11-12-24(31)32)29-26(34)35-17-22-20-9-3-1-7-18(20)19-8-2-4-10-21(19)22/h1-4,7-10,22-23H,5-6,11-12,15-17H2,(H,29,34)(H,31,32). The van der Waals surface area contributed by atoms with Gasteiger partial charge in [-0.15, -0.1) is 0 Å². The van der Waals surface area contributed by atoms with Crippen molar-refractivity contribution in [1.29, 1.82) is 10.5 Å². The Morgan fingerprint density at radius 3 is 2.03 bits per heavy atom. The van der Waals surface area contributed by atoms with E-state index < -0.39 is 24.0 Å². The summed E-state index contributed by atoms with van der Waals surface area (Å²) in [6, 6.07) is 18.5. The van der Waals surface area contributed by atoms with Crippen LogP contribution in [0, 0.1) is 22.7 Å². The Hall–Kier alpha value is -4.37. The first kappa shape index (κ1) is 25.3. The predicted molar refractivity (Wildman–Crippen MR) is 126 cm³/mol. The minimum atomic E-state index is -1.15. The summed E-state index contributed by atoms with van der Waals surface area (Å²) in [4.78, 5) is 38.1. The number of carbonyl (C=O) groups is 3. The summed E-state index contributed by atoms with van der Waals surface area (Å²) in [6.07, 6.45) is -1.23. The third kappa shape index (κ3) is 6.36. The van der Waals surface area contributed by atoms with Crippen LogP contribution in [0.5, 0.6) is 0 Å². The highest BCUT2D eigenvalue weighted by atomic mass is 16.5. The van der Waals surface area contributed by atoms with Crippen molar-refractivity contribution in [1.82, 2.24) is 10.2 Å². The number of aliphatic carboxylic acids is 1. The van der Waals surface area contributed by atoms with Gasteiger partial charge in [-0.3, -0.25) is 9.59 Å². The molecule has 35 heavy (non-hydrogen) atoms. The second kappa shape index (κ2) is 12.2. The number of alkyl carbamates (subject to hydrolysis) is 1. The van der Waals surface area contributed by atoms with E-state index in [2.05, 4.69) is 5.32 Å². The topological polar surface area (TPSA) is 144 Å². The fourth-order valence-electron chi connectivity index (χ4n) is 4.23. The summed E-state index contributed by atoms with van der Waals surface area (Å²) in [5, 5.41) is 29.3. The molecule has 0 saturated heterocycles. The van der Waals surface area contributed by atoms with E-state index in [-0.39, 0.29) is 51.3 Å². The summed E-state index contributed by atoms with van der Waals surface area (Å²) < 4.78 is 5.50. The Kier molecular flexibility index (Phi) is 8.80. The molecule has 0 heterocycles. The van der Waals surface area contributed by atoms with Crippen LogP contribution >= 0.6 is 0 Å². The van der Waals surface area contributed by atoms with Gasteiger partial charge in [0.15, 0.2) is 0 Å². The fourth-order valence-corrected chi connectivity index (χ4v) is 4.23. The Labute approximate surface area is 203 Å². The molecule has 0 bridgehead atoms. The SMILES string of the molecule is N#CCCN(CCC#N)C(=O)C(CCC(=O)O)NC(=O)OCC1c2ccccc2-c2ccccc21. The number of hydrogen-bond acceptors (Lipinski definition) is 6. The van der Waals surface area contributed by atoms with Gasteiger partial charge in [0.2, 0.25) is 5.91 Å². The molecule has 9 nitrogen and oxygen atoms in total. The van der Waals surface area contributed by atoms with Gasteiger partial charge in [-0.05, 0) is 28.7 Å². The normalized spacial score (nSPS) is 12.4. The molecule has 3 rings (SSSR count). The van der Waals surface area contributed by atoms with Gasteiger partial charge >= 0.3 is 12.1 Å². The maximum atomic E-state index is 13.0. The molecule has 2 aromatic rings. The number of ether oxygens (including phenoxy) is 1. The first-order valence-electron chi connectivity index (χ1n) is 11.3. The number of amides is 2. The lowest BCUT2D eigenvalue weighted by Crippen LogP contribution is -2.49. The van der Waals surface area contributed by atoms with Crippen molar-refractivity contribution in [3.8, 4) is 23.3 Å². The van der Waals surface area contributed by atoms with E-state index in [0.717, 1.165) is 22.3 Å². The molecule has 0 radical (unpaired) electrons. The smallest absolute Gasteiger partial charge is 0.407 e.